The van der Waals surface area contributed by atoms with E-state index < -0.39 is 0 Å². The molecule has 7 heteroatoms. The van der Waals surface area contributed by atoms with E-state index in [9.17, 15) is 4.79 Å². The fraction of sp³-hybridized carbons (Fsp3) is 0.471. The predicted molar refractivity (Wildman–Crippen MR) is 86.2 cm³/mol. The summed E-state index contributed by atoms with van der Waals surface area (Å²) in [4.78, 5) is 18.7. The van der Waals surface area contributed by atoms with Crippen molar-refractivity contribution in [3.05, 3.63) is 35.5 Å². The lowest BCUT2D eigenvalue weighted by Crippen LogP contribution is -2.30. The lowest BCUT2D eigenvalue weighted by Gasteiger charge is -2.17. The van der Waals surface area contributed by atoms with Crippen LogP contribution >= 0.6 is 0 Å². The molecule has 0 radical (unpaired) electrons. The Morgan fingerprint density at radius 3 is 2.88 bits per heavy atom. The molecular formula is C17H21N3O4. The summed E-state index contributed by atoms with van der Waals surface area (Å²) >= 11 is 0. The Bertz CT molecular complexity index is 728. The Hall–Kier alpha value is -2.57. The average Bonchev–Trinajstić information content (AvgIpc) is 3.24. The largest absolute Gasteiger partial charge is 0.497 e. The van der Waals surface area contributed by atoms with Gasteiger partial charge in [-0.2, -0.15) is 4.98 Å². The molecule has 1 fully saturated rings. The Labute approximate surface area is 140 Å². The molecule has 1 aromatic heterocycles. The number of rotatable bonds is 5. The van der Waals surface area contributed by atoms with Crippen LogP contribution in [-0.4, -0.2) is 48.3 Å². The van der Waals surface area contributed by atoms with Crippen LogP contribution < -0.4 is 9.47 Å². The number of carbonyl (C=O) groups excluding carboxylic acids is 1. The highest BCUT2D eigenvalue weighted by atomic mass is 16.5. The Balaban J connectivity index is 1.65. The summed E-state index contributed by atoms with van der Waals surface area (Å²) in [5.41, 5.74) is 0.848. The molecule has 7 nitrogen and oxygen atoms in total. The highest BCUT2D eigenvalue weighted by Crippen LogP contribution is 2.28. The van der Waals surface area contributed by atoms with Crippen LogP contribution in [0.5, 0.6) is 11.5 Å². The summed E-state index contributed by atoms with van der Waals surface area (Å²) in [6.07, 6.45) is 1.13. The molecule has 0 saturated carbocycles. The van der Waals surface area contributed by atoms with E-state index in [1.165, 1.54) is 0 Å². The Morgan fingerprint density at radius 1 is 1.38 bits per heavy atom. The molecule has 24 heavy (non-hydrogen) atoms. The summed E-state index contributed by atoms with van der Waals surface area (Å²) in [5, 5.41) is 3.82. The van der Waals surface area contributed by atoms with Crippen LogP contribution in [0.25, 0.3) is 0 Å². The van der Waals surface area contributed by atoms with E-state index >= 15 is 0 Å². The standard InChI is InChI=1S/C17H21N3O4/c1-11-18-17(24-19-11)13-6-7-20(10-13)16(21)8-12-4-5-14(22-2)9-15(12)23-3/h4-5,9,13H,6-8,10H2,1-3H3/t13-/m0/s1. The smallest absolute Gasteiger partial charge is 0.231 e. The van der Waals surface area contributed by atoms with Gasteiger partial charge in [-0.05, 0) is 19.4 Å². The highest BCUT2D eigenvalue weighted by Gasteiger charge is 2.31. The van der Waals surface area contributed by atoms with E-state index in [0.29, 0.717) is 42.7 Å². The van der Waals surface area contributed by atoms with Crippen molar-refractivity contribution in [3.63, 3.8) is 0 Å². The van der Waals surface area contributed by atoms with Crippen molar-refractivity contribution >= 4 is 5.91 Å². The number of benzene rings is 1. The zero-order valence-corrected chi connectivity index (χ0v) is 14.1. The van der Waals surface area contributed by atoms with Gasteiger partial charge in [0.15, 0.2) is 5.82 Å². The number of aromatic nitrogens is 2. The summed E-state index contributed by atoms with van der Waals surface area (Å²) < 4.78 is 15.8. The molecule has 2 aromatic rings. The molecule has 0 spiro atoms. The zero-order chi connectivity index (χ0) is 17.1. The SMILES string of the molecule is COc1ccc(CC(=O)N2CC[C@H](c3nc(C)no3)C2)c(OC)c1. The molecule has 3 rings (SSSR count). The van der Waals surface area contributed by atoms with E-state index in [-0.39, 0.29) is 11.8 Å². The zero-order valence-electron chi connectivity index (χ0n) is 14.1. The molecule has 1 amide bonds. The van der Waals surface area contributed by atoms with E-state index in [2.05, 4.69) is 10.1 Å². The van der Waals surface area contributed by atoms with Gasteiger partial charge in [0.05, 0.1) is 26.6 Å². The number of aryl methyl sites for hydroxylation is 1. The second-order valence-corrected chi connectivity index (χ2v) is 5.86. The van der Waals surface area contributed by atoms with Crippen LogP contribution in [0.4, 0.5) is 0 Å². The van der Waals surface area contributed by atoms with Crippen LogP contribution in [0.2, 0.25) is 0 Å². The normalized spacial score (nSPS) is 17.1. The van der Waals surface area contributed by atoms with E-state index in [1.54, 1.807) is 27.2 Å². The summed E-state index contributed by atoms with van der Waals surface area (Å²) in [7, 11) is 3.19. The van der Waals surface area contributed by atoms with Gasteiger partial charge in [0, 0.05) is 24.7 Å². The maximum atomic E-state index is 12.6. The lowest BCUT2D eigenvalue weighted by molar-refractivity contribution is -0.129. The molecule has 1 aliphatic rings. The topological polar surface area (TPSA) is 77.7 Å². The van der Waals surface area contributed by atoms with Gasteiger partial charge in [-0.3, -0.25) is 4.79 Å². The molecule has 0 unspecified atom stereocenters. The van der Waals surface area contributed by atoms with Gasteiger partial charge in [0.25, 0.3) is 0 Å². The Kier molecular flexibility index (Phi) is 4.69. The first-order chi connectivity index (χ1) is 11.6. The van der Waals surface area contributed by atoms with Gasteiger partial charge in [-0.15, -0.1) is 0 Å². The van der Waals surface area contributed by atoms with Crippen molar-refractivity contribution in [1.29, 1.82) is 0 Å². The van der Waals surface area contributed by atoms with Crippen molar-refractivity contribution in [2.24, 2.45) is 0 Å². The van der Waals surface area contributed by atoms with Crippen LogP contribution in [0.3, 0.4) is 0 Å². The fourth-order valence-corrected chi connectivity index (χ4v) is 2.94. The molecule has 0 N–H and O–H groups in total. The molecule has 2 heterocycles. The van der Waals surface area contributed by atoms with Crippen LogP contribution in [0.1, 0.15) is 29.6 Å². The Morgan fingerprint density at radius 2 is 2.21 bits per heavy atom. The van der Waals surface area contributed by atoms with Crippen molar-refractivity contribution in [2.45, 2.75) is 25.7 Å². The second-order valence-electron chi connectivity index (χ2n) is 5.86. The maximum absolute atomic E-state index is 12.6. The highest BCUT2D eigenvalue weighted by molar-refractivity contribution is 5.80. The van der Waals surface area contributed by atoms with Gasteiger partial charge < -0.3 is 18.9 Å². The fourth-order valence-electron chi connectivity index (χ4n) is 2.94. The van der Waals surface area contributed by atoms with E-state index in [4.69, 9.17) is 14.0 Å². The molecular weight excluding hydrogens is 310 g/mol. The molecule has 1 atom stereocenters. The van der Waals surface area contributed by atoms with Gasteiger partial charge in [-0.25, -0.2) is 0 Å². The minimum atomic E-state index is 0.0669. The molecule has 0 bridgehead atoms. The van der Waals surface area contributed by atoms with E-state index in [1.807, 2.05) is 17.0 Å². The number of hydrogen-bond acceptors (Lipinski definition) is 6. The third kappa shape index (κ3) is 3.34. The average molecular weight is 331 g/mol. The van der Waals surface area contributed by atoms with Crippen LogP contribution in [-0.2, 0) is 11.2 Å². The third-order valence-corrected chi connectivity index (χ3v) is 4.27. The lowest BCUT2D eigenvalue weighted by atomic mass is 10.1. The van der Waals surface area contributed by atoms with Gasteiger partial charge >= 0.3 is 0 Å². The first-order valence-electron chi connectivity index (χ1n) is 7.89. The van der Waals surface area contributed by atoms with Crippen molar-refractivity contribution in [2.75, 3.05) is 27.3 Å². The third-order valence-electron chi connectivity index (χ3n) is 4.27. The monoisotopic (exact) mass is 331 g/mol. The van der Waals surface area contributed by atoms with Crippen LogP contribution in [0.15, 0.2) is 22.7 Å². The maximum Gasteiger partial charge on any atom is 0.231 e. The van der Waals surface area contributed by atoms with Crippen molar-refractivity contribution in [1.82, 2.24) is 15.0 Å². The van der Waals surface area contributed by atoms with Gasteiger partial charge in [0.1, 0.15) is 11.5 Å². The summed E-state index contributed by atoms with van der Waals surface area (Å²) in [5.74, 6) is 2.79. The molecule has 1 saturated heterocycles. The van der Waals surface area contributed by atoms with E-state index in [0.717, 1.165) is 12.0 Å². The number of ether oxygens (including phenoxy) is 2. The number of nitrogens with zero attached hydrogens (tertiary/aromatic N) is 3. The number of likely N-dealkylation sites (tertiary alicyclic amines) is 1. The number of amides is 1. The van der Waals surface area contributed by atoms with Crippen molar-refractivity contribution in [3.8, 4) is 11.5 Å². The minimum Gasteiger partial charge on any atom is -0.497 e. The quantitative estimate of drug-likeness (QED) is 0.833. The van der Waals surface area contributed by atoms with Crippen LogP contribution in [0, 0.1) is 6.92 Å². The molecule has 0 aliphatic carbocycles. The van der Waals surface area contributed by atoms with Gasteiger partial charge in [0.2, 0.25) is 11.8 Å². The van der Waals surface area contributed by atoms with Gasteiger partial charge in [-0.1, -0.05) is 11.2 Å². The number of carbonyl (C=O) groups is 1. The predicted octanol–water partition coefficient (Wildman–Crippen LogP) is 1.95. The first-order valence-corrected chi connectivity index (χ1v) is 7.89. The first kappa shape index (κ1) is 16.3. The summed E-state index contributed by atoms with van der Waals surface area (Å²) in [6, 6.07) is 5.49. The summed E-state index contributed by atoms with van der Waals surface area (Å²) in [6.45, 7) is 3.10. The van der Waals surface area contributed by atoms with Crippen molar-refractivity contribution < 1.29 is 18.8 Å². The molecule has 128 valence electrons. The molecule has 1 aliphatic heterocycles. The minimum absolute atomic E-state index is 0.0669. The number of hydrogen-bond donors (Lipinski definition) is 0. The molecule has 1 aromatic carbocycles. The second kappa shape index (κ2) is 6.90. The number of methoxy groups -OCH3 is 2.